The van der Waals surface area contributed by atoms with E-state index >= 15 is 0 Å². The lowest BCUT2D eigenvalue weighted by Gasteiger charge is -1.67. The summed E-state index contributed by atoms with van der Waals surface area (Å²) in [5, 5.41) is 2.98. The molecule has 0 aliphatic carbocycles. The molecule has 1 aromatic rings. The van der Waals surface area contributed by atoms with E-state index in [1.165, 1.54) is 11.3 Å². The summed E-state index contributed by atoms with van der Waals surface area (Å²) in [7, 11) is 0. The number of thiophene rings is 1. The lowest BCUT2D eigenvalue weighted by Crippen LogP contribution is -1.50. The zero-order valence-corrected chi connectivity index (χ0v) is 5.44. The van der Waals surface area contributed by atoms with Gasteiger partial charge in [0.15, 0.2) is 0 Å². The third kappa shape index (κ3) is 1.18. The molecule has 1 aromatic heterocycles. The van der Waals surface area contributed by atoms with Gasteiger partial charge in [0.2, 0.25) is 0 Å². The largest absolute Gasteiger partial charge is 0.122 e. The number of hydrogen-bond acceptors (Lipinski definition) is 1. The van der Waals surface area contributed by atoms with Gasteiger partial charge in [0.25, 0.3) is 0 Å². The lowest BCUT2D eigenvalue weighted by atomic mass is 10.4. The van der Waals surface area contributed by atoms with Gasteiger partial charge in [-0.25, -0.2) is 0 Å². The van der Waals surface area contributed by atoms with Crippen LogP contribution in [0.2, 0.25) is 4.34 Å². The summed E-state index contributed by atoms with van der Waals surface area (Å²) in [6.45, 7) is 1.97. The summed E-state index contributed by atoms with van der Waals surface area (Å²) in [5.74, 6) is 0. The minimum absolute atomic E-state index is 0.817. The molecule has 0 atom stereocenters. The lowest BCUT2D eigenvalue weighted by molar-refractivity contribution is 1.55. The van der Waals surface area contributed by atoms with E-state index in [9.17, 15) is 0 Å². The highest BCUT2D eigenvalue weighted by atomic mass is 35.5. The van der Waals surface area contributed by atoms with E-state index in [-0.39, 0.29) is 0 Å². The topological polar surface area (TPSA) is 0 Å². The molecule has 0 aromatic carbocycles. The van der Waals surface area contributed by atoms with E-state index < -0.39 is 0 Å². The normalized spacial score (nSPS) is 9.43. The molecular formula is C5H4ClS. The molecule has 0 saturated heterocycles. The Kier molecular flexibility index (Phi) is 1.35. The van der Waals surface area contributed by atoms with E-state index in [0.29, 0.717) is 0 Å². The Morgan fingerprint density at radius 2 is 2.57 bits per heavy atom. The molecule has 0 fully saturated rings. The van der Waals surface area contributed by atoms with E-state index in [4.69, 9.17) is 11.6 Å². The summed E-state index contributed by atoms with van der Waals surface area (Å²) in [6.07, 6.45) is 0. The van der Waals surface area contributed by atoms with E-state index in [1.54, 1.807) is 0 Å². The summed E-state index contributed by atoms with van der Waals surface area (Å²) in [5.41, 5.74) is 1.12. The van der Waals surface area contributed by atoms with Crippen LogP contribution >= 0.6 is 22.9 Å². The first-order chi connectivity index (χ1) is 3.29. The van der Waals surface area contributed by atoms with Crippen LogP contribution in [-0.4, -0.2) is 0 Å². The Bertz CT molecular complexity index is 140. The SMILES string of the molecule is Cc1[c]sc(Cl)c1. The molecule has 0 nitrogen and oxygen atoms in total. The Morgan fingerprint density at radius 3 is 2.71 bits per heavy atom. The molecule has 37 valence electrons. The number of hydrogen-bond donors (Lipinski definition) is 0. The van der Waals surface area contributed by atoms with Gasteiger partial charge in [0.1, 0.15) is 0 Å². The van der Waals surface area contributed by atoms with Crippen molar-refractivity contribution in [2.24, 2.45) is 0 Å². The van der Waals surface area contributed by atoms with Crippen LogP contribution in [0.5, 0.6) is 0 Å². The number of aryl methyl sites for hydroxylation is 1. The van der Waals surface area contributed by atoms with Crippen LogP contribution in [-0.2, 0) is 0 Å². The van der Waals surface area contributed by atoms with Crippen molar-refractivity contribution in [3.63, 3.8) is 0 Å². The van der Waals surface area contributed by atoms with Gasteiger partial charge < -0.3 is 0 Å². The zero-order chi connectivity index (χ0) is 5.28. The molecular weight excluding hydrogens is 128 g/mol. The molecule has 0 amide bonds. The third-order valence-electron chi connectivity index (χ3n) is 0.640. The summed E-state index contributed by atoms with van der Waals surface area (Å²) < 4.78 is 0.817. The van der Waals surface area contributed by atoms with Gasteiger partial charge >= 0.3 is 0 Å². The predicted octanol–water partition coefficient (Wildman–Crippen LogP) is 2.51. The molecule has 0 bridgehead atoms. The van der Waals surface area contributed by atoms with Crippen molar-refractivity contribution in [2.75, 3.05) is 0 Å². The summed E-state index contributed by atoms with van der Waals surface area (Å²) in [4.78, 5) is 0. The van der Waals surface area contributed by atoms with Crippen LogP contribution in [0.4, 0.5) is 0 Å². The van der Waals surface area contributed by atoms with Crippen molar-refractivity contribution in [3.8, 4) is 0 Å². The fourth-order valence-electron chi connectivity index (χ4n) is 0.358. The highest BCUT2D eigenvalue weighted by Gasteiger charge is 1.87. The van der Waals surface area contributed by atoms with Crippen LogP contribution in [0.15, 0.2) is 6.07 Å². The van der Waals surface area contributed by atoms with Crippen LogP contribution in [0.1, 0.15) is 5.56 Å². The van der Waals surface area contributed by atoms with Gasteiger partial charge in [-0.2, -0.15) is 0 Å². The highest BCUT2D eigenvalue weighted by molar-refractivity contribution is 7.14. The second-order valence-electron chi connectivity index (χ2n) is 1.34. The van der Waals surface area contributed by atoms with Crippen molar-refractivity contribution in [1.29, 1.82) is 0 Å². The van der Waals surface area contributed by atoms with Crippen molar-refractivity contribution < 1.29 is 0 Å². The zero-order valence-electron chi connectivity index (χ0n) is 3.86. The number of halogens is 1. The van der Waals surface area contributed by atoms with Crippen molar-refractivity contribution in [1.82, 2.24) is 0 Å². The molecule has 7 heavy (non-hydrogen) atoms. The summed E-state index contributed by atoms with van der Waals surface area (Å²) in [6, 6.07) is 1.90. The first kappa shape index (κ1) is 5.13. The van der Waals surface area contributed by atoms with E-state index in [2.05, 4.69) is 5.38 Å². The third-order valence-corrected chi connectivity index (χ3v) is 1.72. The van der Waals surface area contributed by atoms with Crippen molar-refractivity contribution >= 4 is 22.9 Å². The maximum Gasteiger partial charge on any atom is 0.0937 e. The highest BCUT2D eigenvalue weighted by Crippen LogP contribution is 2.17. The van der Waals surface area contributed by atoms with Crippen LogP contribution < -0.4 is 0 Å². The average Bonchev–Trinajstić information content (AvgIpc) is 1.87. The smallest absolute Gasteiger partial charge is 0.0937 e. The monoisotopic (exact) mass is 131 g/mol. The molecule has 0 aliphatic rings. The Hall–Kier alpha value is -0.0100. The van der Waals surface area contributed by atoms with Crippen LogP contribution in [0.25, 0.3) is 0 Å². The van der Waals surface area contributed by atoms with Gasteiger partial charge in [-0.1, -0.05) is 11.6 Å². The molecule has 0 N–H and O–H groups in total. The molecule has 0 saturated carbocycles. The summed E-state index contributed by atoms with van der Waals surface area (Å²) >= 11 is 6.99. The average molecular weight is 132 g/mol. The molecule has 0 spiro atoms. The van der Waals surface area contributed by atoms with Gasteiger partial charge in [-0.15, -0.1) is 11.3 Å². The molecule has 1 heterocycles. The van der Waals surface area contributed by atoms with Crippen LogP contribution in [0.3, 0.4) is 0 Å². The van der Waals surface area contributed by atoms with Gasteiger partial charge in [-0.3, -0.25) is 0 Å². The van der Waals surface area contributed by atoms with Gasteiger partial charge in [-0.05, 0) is 18.6 Å². The first-order valence-electron chi connectivity index (χ1n) is 1.92. The number of rotatable bonds is 0. The fourth-order valence-corrected chi connectivity index (χ4v) is 1.19. The first-order valence-corrected chi connectivity index (χ1v) is 3.12. The van der Waals surface area contributed by atoms with Crippen molar-refractivity contribution in [3.05, 3.63) is 21.3 Å². The Balaban J connectivity index is 3.04. The maximum absolute atomic E-state index is 5.55. The predicted molar refractivity (Wildman–Crippen MR) is 32.9 cm³/mol. The Labute approximate surface area is 51.7 Å². The molecule has 2 heteroatoms. The van der Waals surface area contributed by atoms with E-state index in [0.717, 1.165) is 9.90 Å². The van der Waals surface area contributed by atoms with Gasteiger partial charge in [0, 0.05) is 5.38 Å². The molecule has 0 unspecified atom stereocenters. The quantitative estimate of drug-likeness (QED) is 0.508. The van der Waals surface area contributed by atoms with Crippen LogP contribution in [0, 0.1) is 12.3 Å². The minimum atomic E-state index is 0.817. The molecule has 1 rings (SSSR count). The molecule has 0 aliphatic heterocycles. The Morgan fingerprint density at radius 1 is 1.86 bits per heavy atom. The van der Waals surface area contributed by atoms with Gasteiger partial charge in [0.05, 0.1) is 4.34 Å². The maximum atomic E-state index is 5.55. The van der Waals surface area contributed by atoms with E-state index in [1.807, 2.05) is 13.0 Å². The molecule has 1 radical (unpaired) electrons. The van der Waals surface area contributed by atoms with Crippen molar-refractivity contribution in [2.45, 2.75) is 6.92 Å². The minimum Gasteiger partial charge on any atom is -0.122 e. The second kappa shape index (κ2) is 1.85. The second-order valence-corrected chi connectivity index (χ2v) is 2.81. The fraction of sp³-hybridized carbons (Fsp3) is 0.200. The standard InChI is InChI=1S/C5H4ClS/c1-4-2-5(6)7-3-4/h2H,1H3.